The summed E-state index contributed by atoms with van der Waals surface area (Å²) < 4.78 is 102. The third-order valence-electron chi connectivity index (χ3n) is 2.29. The highest BCUT2D eigenvalue weighted by atomic mass is 19.4. The van der Waals surface area contributed by atoms with E-state index in [9.17, 15) is 39.9 Å². The van der Waals surface area contributed by atoms with Gasteiger partial charge in [-0.3, -0.25) is 0 Å². The van der Waals surface area contributed by atoms with Crippen molar-refractivity contribution in [2.45, 2.75) is 11.8 Å². The van der Waals surface area contributed by atoms with Gasteiger partial charge in [-0.2, -0.15) is 13.2 Å². The van der Waals surface area contributed by atoms with Gasteiger partial charge in [-0.05, 0) is 0 Å². The number of alkyl halides is 3. The molecule has 0 spiro atoms. The summed E-state index contributed by atoms with van der Waals surface area (Å²) in [4.78, 5) is 10.4. The minimum absolute atomic E-state index is 2.79. The molecule has 0 aliphatic heterocycles. The van der Waals surface area contributed by atoms with E-state index in [-0.39, 0.29) is 0 Å². The second-order valence-corrected chi connectivity index (χ2v) is 3.46. The first kappa shape index (κ1) is 16.1. The fourth-order valence-electron chi connectivity index (χ4n) is 1.29. The second kappa shape index (κ2) is 4.58. The smallest absolute Gasteiger partial charge is 0.432 e. The van der Waals surface area contributed by atoms with Crippen molar-refractivity contribution >= 4 is 5.97 Å². The third-order valence-corrected chi connectivity index (χ3v) is 2.29. The van der Waals surface area contributed by atoms with E-state index in [1.54, 1.807) is 0 Å². The molecule has 1 aromatic carbocycles. The van der Waals surface area contributed by atoms with Crippen molar-refractivity contribution in [2.24, 2.45) is 0 Å². The number of carboxylic acid groups (broad SMARTS) is 1. The summed E-state index contributed by atoms with van der Waals surface area (Å²) >= 11 is 0. The third kappa shape index (κ3) is 1.97. The molecule has 0 amide bonds. The summed E-state index contributed by atoms with van der Waals surface area (Å²) in [5.41, 5.74) is -8.20. The molecule has 3 nitrogen and oxygen atoms in total. The molecule has 0 aliphatic rings. The Kier molecular flexibility index (Phi) is 3.70. The second-order valence-electron chi connectivity index (χ2n) is 3.46. The van der Waals surface area contributed by atoms with Gasteiger partial charge >= 0.3 is 12.1 Å². The number of aliphatic hydroxyl groups is 1. The molecular weight excluding hydrogens is 308 g/mol. The molecule has 1 unspecified atom stereocenters. The predicted octanol–water partition coefficient (Wildman–Crippen LogP) is 2.22. The fourth-order valence-corrected chi connectivity index (χ4v) is 1.29. The molecule has 1 aromatic rings. The summed E-state index contributed by atoms with van der Waals surface area (Å²) in [6.45, 7) is 0. The lowest BCUT2D eigenvalue weighted by Crippen LogP contribution is -2.50. The van der Waals surface area contributed by atoms with E-state index >= 15 is 0 Å². The van der Waals surface area contributed by atoms with Crippen LogP contribution in [0.5, 0.6) is 0 Å². The van der Waals surface area contributed by atoms with Crippen LogP contribution in [0.3, 0.4) is 0 Å². The molecule has 1 atom stereocenters. The molecule has 0 aliphatic carbocycles. The average Bonchev–Trinajstić information content (AvgIpc) is 2.32. The Morgan fingerprint density at radius 3 is 1.35 bits per heavy atom. The normalized spacial score (nSPS) is 15.1. The minimum Gasteiger partial charge on any atom is -0.479 e. The number of aliphatic carboxylic acids is 1. The maximum absolute atomic E-state index is 13.1. The number of hydrogen-bond donors (Lipinski definition) is 2. The van der Waals surface area contributed by atoms with Crippen LogP contribution in [-0.2, 0) is 10.4 Å². The molecule has 1 rings (SSSR count). The lowest BCUT2D eigenvalue weighted by atomic mass is 9.91. The summed E-state index contributed by atoms with van der Waals surface area (Å²) in [5.74, 6) is -17.9. The monoisotopic (exact) mass is 310 g/mol. The van der Waals surface area contributed by atoms with Crippen molar-refractivity contribution < 1.29 is 50.1 Å². The largest absolute Gasteiger partial charge is 0.479 e. The summed E-state index contributed by atoms with van der Waals surface area (Å²) in [6, 6.07) is 0. The van der Waals surface area contributed by atoms with E-state index in [0.717, 1.165) is 0 Å². The predicted molar refractivity (Wildman–Crippen MR) is 43.8 cm³/mol. The van der Waals surface area contributed by atoms with Gasteiger partial charge in [0.15, 0.2) is 23.3 Å². The molecule has 11 heteroatoms. The van der Waals surface area contributed by atoms with E-state index in [1.165, 1.54) is 0 Å². The van der Waals surface area contributed by atoms with Gasteiger partial charge in [0.05, 0.1) is 5.56 Å². The first-order valence-electron chi connectivity index (χ1n) is 4.41. The maximum Gasteiger partial charge on any atom is 0.432 e. The highest BCUT2D eigenvalue weighted by Gasteiger charge is 2.64. The fraction of sp³-hybridized carbons (Fsp3) is 0.222. The zero-order valence-electron chi connectivity index (χ0n) is 8.83. The summed E-state index contributed by atoms with van der Waals surface area (Å²) in [6.07, 6.45) is -6.24. The highest BCUT2D eigenvalue weighted by molar-refractivity contribution is 5.80. The summed E-state index contributed by atoms with van der Waals surface area (Å²) in [5, 5.41) is 17.2. The van der Waals surface area contributed by atoms with E-state index in [2.05, 4.69) is 0 Å². The Morgan fingerprint density at radius 1 is 0.800 bits per heavy atom. The van der Waals surface area contributed by atoms with E-state index < -0.39 is 52.4 Å². The van der Waals surface area contributed by atoms with Gasteiger partial charge < -0.3 is 10.2 Å². The molecule has 112 valence electrons. The van der Waals surface area contributed by atoms with Crippen LogP contribution in [-0.4, -0.2) is 22.4 Å². The molecule has 0 saturated heterocycles. The van der Waals surface area contributed by atoms with Crippen LogP contribution in [0.25, 0.3) is 0 Å². The van der Waals surface area contributed by atoms with Gasteiger partial charge in [-0.15, -0.1) is 0 Å². The molecular formula is C9H2F8O3. The molecule has 2 N–H and O–H groups in total. The number of hydrogen-bond acceptors (Lipinski definition) is 2. The van der Waals surface area contributed by atoms with Crippen LogP contribution in [0.15, 0.2) is 0 Å². The van der Waals surface area contributed by atoms with Crippen LogP contribution >= 0.6 is 0 Å². The number of benzene rings is 1. The Bertz CT molecular complexity index is 553. The quantitative estimate of drug-likeness (QED) is 0.500. The SMILES string of the molecule is O=C(O)C(O)(c1c(F)c(F)c(F)c(F)c1F)C(F)(F)F. The van der Waals surface area contributed by atoms with Crippen molar-refractivity contribution in [3.63, 3.8) is 0 Å². The first-order valence-corrected chi connectivity index (χ1v) is 4.41. The van der Waals surface area contributed by atoms with Gasteiger partial charge in [0.25, 0.3) is 5.60 Å². The molecule has 0 bridgehead atoms. The van der Waals surface area contributed by atoms with E-state index in [1.807, 2.05) is 0 Å². The van der Waals surface area contributed by atoms with Gasteiger partial charge in [-0.25, -0.2) is 26.7 Å². The lowest BCUT2D eigenvalue weighted by molar-refractivity contribution is -0.267. The molecule has 0 fully saturated rings. The molecule has 20 heavy (non-hydrogen) atoms. The zero-order chi connectivity index (χ0) is 16.0. The van der Waals surface area contributed by atoms with Gasteiger partial charge in [-0.1, -0.05) is 0 Å². The first-order chi connectivity index (χ1) is 8.87. The van der Waals surface area contributed by atoms with Crippen LogP contribution in [0.4, 0.5) is 35.1 Å². The maximum atomic E-state index is 13.1. The van der Waals surface area contributed by atoms with Gasteiger partial charge in [0.1, 0.15) is 0 Å². The van der Waals surface area contributed by atoms with Crippen LogP contribution < -0.4 is 0 Å². The number of carbonyl (C=O) groups is 1. The van der Waals surface area contributed by atoms with Crippen molar-refractivity contribution in [1.29, 1.82) is 0 Å². The Hall–Kier alpha value is -1.91. The Morgan fingerprint density at radius 2 is 1.10 bits per heavy atom. The average molecular weight is 310 g/mol. The van der Waals surface area contributed by atoms with Crippen LogP contribution in [0.2, 0.25) is 0 Å². The Labute approximate surface area is 104 Å². The van der Waals surface area contributed by atoms with Crippen molar-refractivity contribution in [3.8, 4) is 0 Å². The van der Waals surface area contributed by atoms with Crippen molar-refractivity contribution in [3.05, 3.63) is 34.6 Å². The number of carboxylic acids is 1. The Balaban J connectivity index is 3.91. The molecule has 0 aromatic heterocycles. The minimum atomic E-state index is -6.24. The van der Waals surface area contributed by atoms with Crippen molar-refractivity contribution in [2.75, 3.05) is 0 Å². The van der Waals surface area contributed by atoms with Gasteiger partial charge in [0.2, 0.25) is 5.82 Å². The van der Waals surface area contributed by atoms with Gasteiger partial charge in [0, 0.05) is 0 Å². The summed E-state index contributed by atoms with van der Waals surface area (Å²) in [7, 11) is 0. The van der Waals surface area contributed by atoms with E-state index in [4.69, 9.17) is 10.2 Å². The van der Waals surface area contributed by atoms with Crippen LogP contribution in [0, 0.1) is 29.1 Å². The molecule has 0 saturated carbocycles. The number of rotatable bonds is 2. The molecule has 0 radical (unpaired) electrons. The van der Waals surface area contributed by atoms with E-state index in [0.29, 0.717) is 0 Å². The zero-order valence-corrected chi connectivity index (χ0v) is 8.83. The lowest BCUT2D eigenvalue weighted by Gasteiger charge is -2.27. The number of halogens is 8. The standard InChI is InChI=1S/C9H2F8O3/c10-2-1(3(11)5(13)6(14)4(2)12)8(20,7(18)19)9(15,16)17/h20H,(H,18,19). The highest BCUT2D eigenvalue weighted by Crippen LogP contribution is 2.42. The molecule has 0 heterocycles. The topological polar surface area (TPSA) is 57.5 Å². The van der Waals surface area contributed by atoms with Crippen molar-refractivity contribution in [1.82, 2.24) is 0 Å². The van der Waals surface area contributed by atoms with Crippen LogP contribution in [0.1, 0.15) is 5.56 Å².